The van der Waals surface area contributed by atoms with Crippen molar-refractivity contribution in [1.82, 2.24) is 9.80 Å². The summed E-state index contributed by atoms with van der Waals surface area (Å²) in [4.78, 5) is 4.95. The van der Waals surface area contributed by atoms with Crippen LogP contribution in [0, 0.1) is 0 Å². The zero-order valence-electron chi connectivity index (χ0n) is 14.7. The van der Waals surface area contributed by atoms with Gasteiger partial charge < -0.3 is 10.2 Å². The van der Waals surface area contributed by atoms with Gasteiger partial charge in [-0.25, -0.2) is 0 Å². The number of benzene rings is 2. The molecular weight excluding hydrogens is 294 g/mol. The number of nitrogens with zero attached hydrogens (tertiary/aromatic N) is 2. The molecule has 0 bridgehead atoms. The van der Waals surface area contributed by atoms with Crippen molar-refractivity contribution in [3.05, 3.63) is 65.7 Å². The largest absolute Gasteiger partial charge is 0.385 e. The lowest BCUT2D eigenvalue weighted by atomic mass is 10.1. The molecule has 1 fully saturated rings. The van der Waals surface area contributed by atoms with E-state index in [-0.39, 0.29) is 0 Å². The van der Waals surface area contributed by atoms with Crippen LogP contribution in [0.1, 0.15) is 17.5 Å². The molecule has 0 unspecified atom stereocenters. The van der Waals surface area contributed by atoms with Gasteiger partial charge in [0.15, 0.2) is 0 Å². The first-order valence-corrected chi connectivity index (χ1v) is 9.07. The van der Waals surface area contributed by atoms with Crippen LogP contribution in [-0.2, 0) is 13.0 Å². The SMILES string of the molecule is CN1CCN(Cc2ccc(NCCCc3ccccc3)cc2)CC1. The van der Waals surface area contributed by atoms with E-state index in [0.29, 0.717) is 0 Å². The van der Waals surface area contributed by atoms with Gasteiger partial charge in [0, 0.05) is 45.0 Å². The second kappa shape index (κ2) is 8.86. The van der Waals surface area contributed by atoms with E-state index in [1.54, 1.807) is 0 Å². The second-order valence-corrected chi connectivity index (χ2v) is 6.79. The lowest BCUT2D eigenvalue weighted by Crippen LogP contribution is -2.43. The fraction of sp³-hybridized carbons (Fsp3) is 0.429. The van der Waals surface area contributed by atoms with Crippen molar-refractivity contribution in [2.75, 3.05) is 45.1 Å². The Morgan fingerprint density at radius 1 is 0.833 bits per heavy atom. The molecule has 3 heteroatoms. The number of nitrogens with one attached hydrogen (secondary N) is 1. The molecule has 0 radical (unpaired) electrons. The summed E-state index contributed by atoms with van der Waals surface area (Å²) in [6.45, 7) is 6.81. The molecule has 0 atom stereocenters. The van der Waals surface area contributed by atoms with Crippen molar-refractivity contribution in [3.63, 3.8) is 0 Å². The van der Waals surface area contributed by atoms with Crippen molar-refractivity contribution in [2.45, 2.75) is 19.4 Å². The summed E-state index contributed by atoms with van der Waals surface area (Å²) < 4.78 is 0. The lowest BCUT2D eigenvalue weighted by molar-refractivity contribution is 0.148. The van der Waals surface area contributed by atoms with Gasteiger partial charge in [-0.3, -0.25) is 4.90 Å². The fourth-order valence-electron chi connectivity index (χ4n) is 3.16. The fourth-order valence-corrected chi connectivity index (χ4v) is 3.16. The third-order valence-electron chi connectivity index (χ3n) is 4.77. The topological polar surface area (TPSA) is 18.5 Å². The van der Waals surface area contributed by atoms with Gasteiger partial charge in [-0.1, -0.05) is 42.5 Å². The van der Waals surface area contributed by atoms with Gasteiger partial charge in [-0.15, -0.1) is 0 Å². The van der Waals surface area contributed by atoms with Crippen LogP contribution in [0.5, 0.6) is 0 Å². The Balaban J connectivity index is 1.38. The summed E-state index contributed by atoms with van der Waals surface area (Å²) in [6, 6.07) is 19.7. The Kier molecular flexibility index (Phi) is 6.27. The Labute approximate surface area is 146 Å². The molecule has 2 aromatic carbocycles. The highest BCUT2D eigenvalue weighted by molar-refractivity contribution is 5.44. The van der Waals surface area contributed by atoms with Crippen molar-refractivity contribution in [3.8, 4) is 0 Å². The predicted molar refractivity (Wildman–Crippen MR) is 102 cm³/mol. The number of hydrogen-bond donors (Lipinski definition) is 1. The Bertz CT molecular complexity index is 586. The maximum absolute atomic E-state index is 3.53. The van der Waals surface area contributed by atoms with Gasteiger partial charge in [0.25, 0.3) is 0 Å². The molecule has 128 valence electrons. The third kappa shape index (κ3) is 5.36. The molecule has 3 nitrogen and oxygen atoms in total. The summed E-state index contributed by atoms with van der Waals surface area (Å²) in [5.41, 5.74) is 4.06. The first kappa shape index (κ1) is 17.0. The van der Waals surface area contributed by atoms with E-state index in [4.69, 9.17) is 0 Å². The third-order valence-corrected chi connectivity index (χ3v) is 4.77. The van der Waals surface area contributed by atoms with Crippen LogP contribution < -0.4 is 5.32 Å². The van der Waals surface area contributed by atoms with E-state index in [1.807, 2.05) is 0 Å². The highest BCUT2D eigenvalue weighted by atomic mass is 15.2. The summed E-state index contributed by atoms with van der Waals surface area (Å²) >= 11 is 0. The van der Waals surface area contributed by atoms with E-state index in [9.17, 15) is 0 Å². The standard InChI is InChI=1S/C21H29N3/c1-23-14-16-24(17-15-23)18-20-9-11-21(12-10-20)22-13-5-8-19-6-3-2-4-7-19/h2-4,6-7,9-12,22H,5,8,13-18H2,1H3. The molecule has 24 heavy (non-hydrogen) atoms. The number of likely N-dealkylation sites (N-methyl/N-ethyl adjacent to an activating group) is 1. The van der Waals surface area contributed by atoms with Crippen LogP contribution in [-0.4, -0.2) is 49.6 Å². The predicted octanol–water partition coefficient (Wildman–Crippen LogP) is 3.48. The van der Waals surface area contributed by atoms with Crippen LogP contribution in [0.25, 0.3) is 0 Å². The molecule has 1 heterocycles. The zero-order chi connectivity index (χ0) is 16.6. The van der Waals surface area contributed by atoms with Crippen molar-refractivity contribution in [1.29, 1.82) is 0 Å². The normalized spacial score (nSPS) is 16.2. The minimum absolute atomic E-state index is 1.02. The molecule has 0 aliphatic carbocycles. The Hall–Kier alpha value is -1.84. The van der Waals surface area contributed by atoms with Crippen molar-refractivity contribution < 1.29 is 0 Å². The van der Waals surface area contributed by atoms with Crippen molar-refractivity contribution in [2.24, 2.45) is 0 Å². The van der Waals surface area contributed by atoms with Gasteiger partial charge >= 0.3 is 0 Å². The molecule has 3 rings (SSSR count). The van der Waals surface area contributed by atoms with Gasteiger partial charge in [0.05, 0.1) is 0 Å². The van der Waals surface area contributed by atoms with E-state index in [0.717, 1.165) is 25.9 Å². The Morgan fingerprint density at radius 3 is 2.25 bits per heavy atom. The molecular formula is C21H29N3. The molecule has 0 amide bonds. The average Bonchev–Trinajstić information content (AvgIpc) is 2.63. The highest BCUT2D eigenvalue weighted by Crippen LogP contribution is 2.13. The zero-order valence-corrected chi connectivity index (χ0v) is 14.7. The quantitative estimate of drug-likeness (QED) is 0.787. The molecule has 1 saturated heterocycles. The van der Waals surface area contributed by atoms with Crippen LogP contribution in [0.3, 0.4) is 0 Å². The minimum Gasteiger partial charge on any atom is -0.385 e. The molecule has 0 saturated carbocycles. The lowest BCUT2D eigenvalue weighted by Gasteiger charge is -2.32. The van der Waals surface area contributed by atoms with Gasteiger partial charge in [-0.05, 0) is 43.1 Å². The van der Waals surface area contributed by atoms with Gasteiger partial charge in [0.1, 0.15) is 0 Å². The molecule has 0 spiro atoms. The average molecular weight is 323 g/mol. The maximum Gasteiger partial charge on any atom is 0.0340 e. The molecule has 1 N–H and O–H groups in total. The van der Waals surface area contributed by atoms with E-state index in [1.165, 1.54) is 43.0 Å². The summed E-state index contributed by atoms with van der Waals surface area (Å²) in [5, 5.41) is 3.53. The number of hydrogen-bond acceptors (Lipinski definition) is 3. The van der Waals surface area contributed by atoms with Gasteiger partial charge in [0.2, 0.25) is 0 Å². The maximum atomic E-state index is 3.53. The number of aryl methyl sites for hydroxylation is 1. The van der Waals surface area contributed by atoms with Crippen LogP contribution in [0.15, 0.2) is 54.6 Å². The monoisotopic (exact) mass is 323 g/mol. The molecule has 2 aromatic rings. The van der Waals surface area contributed by atoms with Crippen LogP contribution in [0.2, 0.25) is 0 Å². The summed E-state index contributed by atoms with van der Waals surface area (Å²) in [5.74, 6) is 0. The number of rotatable bonds is 7. The second-order valence-electron chi connectivity index (χ2n) is 6.79. The van der Waals surface area contributed by atoms with Gasteiger partial charge in [-0.2, -0.15) is 0 Å². The molecule has 0 aromatic heterocycles. The molecule has 1 aliphatic heterocycles. The van der Waals surface area contributed by atoms with E-state index < -0.39 is 0 Å². The van der Waals surface area contributed by atoms with Crippen LogP contribution >= 0.6 is 0 Å². The first-order chi connectivity index (χ1) is 11.8. The van der Waals surface area contributed by atoms with E-state index in [2.05, 4.69) is 76.8 Å². The first-order valence-electron chi connectivity index (χ1n) is 9.07. The number of piperazine rings is 1. The molecule has 1 aliphatic rings. The Morgan fingerprint density at radius 2 is 1.54 bits per heavy atom. The summed E-state index contributed by atoms with van der Waals surface area (Å²) in [7, 11) is 2.20. The highest BCUT2D eigenvalue weighted by Gasteiger charge is 2.13. The smallest absolute Gasteiger partial charge is 0.0340 e. The number of anilines is 1. The van der Waals surface area contributed by atoms with E-state index >= 15 is 0 Å². The van der Waals surface area contributed by atoms with Crippen LogP contribution in [0.4, 0.5) is 5.69 Å². The van der Waals surface area contributed by atoms with Crippen molar-refractivity contribution >= 4 is 5.69 Å². The minimum atomic E-state index is 1.02. The summed E-state index contributed by atoms with van der Waals surface area (Å²) in [6.07, 6.45) is 2.29.